The van der Waals surface area contributed by atoms with Crippen LogP contribution in [0.25, 0.3) is 0 Å². The Kier molecular flexibility index (Phi) is 5.95. The topological polar surface area (TPSA) is 0 Å². The van der Waals surface area contributed by atoms with Crippen LogP contribution < -0.4 is 29.6 Å². The maximum absolute atomic E-state index is 2.24. The monoisotopic (exact) mass is 186 g/mol. The summed E-state index contributed by atoms with van der Waals surface area (Å²) in [5.41, 5.74) is 2.86. The summed E-state index contributed by atoms with van der Waals surface area (Å²) in [6, 6.07) is 8.94. The van der Waals surface area contributed by atoms with E-state index in [4.69, 9.17) is 0 Å². The maximum Gasteiger partial charge on any atom is 1.00 e. The van der Waals surface area contributed by atoms with Crippen molar-refractivity contribution in [2.24, 2.45) is 0 Å². The Labute approximate surface area is 106 Å². The van der Waals surface area contributed by atoms with E-state index in [1.165, 1.54) is 11.1 Å². The van der Waals surface area contributed by atoms with Crippen molar-refractivity contribution < 1.29 is 31.0 Å². The van der Waals surface area contributed by atoms with Crippen molar-refractivity contribution in [1.29, 1.82) is 0 Å². The zero-order chi connectivity index (χ0) is 9.14. The molecule has 0 aliphatic heterocycles. The van der Waals surface area contributed by atoms with Gasteiger partial charge < -0.3 is 1.43 Å². The van der Waals surface area contributed by atoms with Gasteiger partial charge in [-0.3, -0.25) is 0 Å². The maximum atomic E-state index is 2.24. The third kappa shape index (κ3) is 3.84. The van der Waals surface area contributed by atoms with Gasteiger partial charge in [-0.15, -0.1) is 0 Å². The first-order valence-electron chi connectivity index (χ1n) is 4.71. The van der Waals surface area contributed by atoms with E-state index in [2.05, 4.69) is 52.0 Å². The number of hydrogen-bond acceptors (Lipinski definition) is 0. The fraction of sp³-hybridized carbons (Fsp3) is 0.500. The van der Waals surface area contributed by atoms with E-state index in [1.807, 2.05) is 0 Å². The Morgan fingerprint density at radius 1 is 0.769 bits per heavy atom. The van der Waals surface area contributed by atoms with Gasteiger partial charge in [-0.05, 0) is 23.0 Å². The van der Waals surface area contributed by atoms with Gasteiger partial charge >= 0.3 is 29.6 Å². The van der Waals surface area contributed by atoms with Crippen LogP contribution in [0.15, 0.2) is 24.3 Å². The van der Waals surface area contributed by atoms with Gasteiger partial charge in [0.25, 0.3) is 0 Å². The molecule has 0 amide bonds. The van der Waals surface area contributed by atoms with Crippen molar-refractivity contribution >= 4 is 0 Å². The molecule has 0 bridgehead atoms. The van der Waals surface area contributed by atoms with Gasteiger partial charge in [0.05, 0.1) is 0 Å². The Bertz CT molecular complexity index is 212. The molecule has 0 N–H and O–H groups in total. The molecule has 0 aliphatic rings. The van der Waals surface area contributed by atoms with Crippen molar-refractivity contribution in [3.8, 4) is 0 Å². The molecular formula is C12H19Na. The fourth-order valence-corrected chi connectivity index (χ4v) is 1.27. The first-order valence-corrected chi connectivity index (χ1v) is 4.71. The molecule has 1 rings (SSSR count). The molecule has 0 aliphatic carbocycles. The Morgan fingerprint density at radius 3 is 1.15 bits per heavy atom. The van der Waals surface area contributed by atoms with Crippen molar-refractivity contribution in [1.82, 2.24) is 0 Å². The molecular weight excluding hydrogens is 167 g/mol. The summed E-state index contributed by atoms with van der Waals surface area (Å²) >= 11 is 0. The van der Waals surface area contributed by atoms with E-state index in [-0.39, 0.29) is 31.0 Å². The van der Waals surface area contributed by atoms with Crippen molar-refractivity contribution in [2.75, 3.05) is 0 Å². The van der Waals surface area contributed by atoms with Gasteiger partial charge in [-0.25, -0.2) is 0 Å². The van der Waals surface area contributed by atoms with Gasteiger partial charge in [0.2, 0.25) is 0 Å². The van der Waals surface area contributed by atoms with Crippen LogP contribution in [0.5, 0.6) is 0 Å². The van der Waals surface area contributed by atoms with Crippen LogP contribution in [-0.4, -0.2) is 0 Å². The second-order valence-electron chi connectivity index (χ2n) is 3.98. The van der Waals surface area contributed by atoms with Crippen molar-refractivity contribution in [2.45, 2.75) is 39.5 Å². The Hall–Kier alpha value is 0.220. The Morgan fingerprint density at radius 2 is 1.00 bits per heavy atom. The summed E-state index contributed by atoms with van der Waals surface area (Å²) in [6.07, 6.45) is 0. The molecule has 0 spiro atoms. The van der Waals surface area contributed by atoms with Gasteiger partial charge in [0.1, 0.15) is 0 Å². The zero-order valence-electron chi connectivity index (χ0n) is 10.5. The molecule has 1 aromatic carbocycles. The average Bonchev–Trinajstić information content (AvgIpc) is 2.04. The van der Waals surface area contributed by atoms with Crippen LogP contribution in [0.3, 0.4) is 0 Å². The molecule has 0 saturated heterocycles. The van der Waals surface area contributed by atoms with Crippen LogP contribution in [0.1, 0.15) is 52.1 Å². The predicted molar refractivity (Wildman–Crippen MR) is 55.7 cm³/mol. The van der Waals surface area contributed by atoms with E-state index >= 15 is 0 Å². The zero-order valence-corrected chi connectivity index (χ0v) is 11.5. The molecule has 0 unspecified atom stereocenters. The molecule has 0 aromatic heterocycles. The quantitative estimate of drug-likeness (QED) is 0.606. The second-order valence-corrected chi connectivity index (χ2v) is 3.98. The standard InChI is InChI=1S/C12H18.Na.H/c1-9(2)11-5-7-12(8-6-11)10(3)4;;/h5-10H,1-4H3;;/q;+1;-1. The Balaban J connectivity index is 0. The van der Waals surface area contributed by atoms with Crippen LogP contribution in [-0.2, 0) is 0 Å². The molecule has 0 saturated carbocycles. The summed E-state index contributed by atoms with van der Waals surface area (Å²) in [6.45, 7) is 8.91. The van der Waals surface area contributed by atoms with Gasteiger partial charge in [0, 0.05) is 0 Å². The predicted octanol–water partition coefficient (Wildman–Crippen LogP) is 1.05. The van der Waals surface area contributed by atoms with Crippen LogP contribution in [0.4, 0.5) is 0 Å². The number of benzene rings is 1. The molecule has 1 heteroatoms. The minimum Gasteiger partial charge on any atom is -1.00 e. The van der Waals surface area contributed by atoms with Gasteiger partial charge in [-0.1, -0.05) is 52.0 Å². The third-order valence-electron chi connectivity index (χ3n) is 2.27. The molecule has 1 aromatic rings. The summed E-state index contributed by atoms with van der Waals surface area (Å²) in [5, 5.41) is 0. The summed E-state index contributed by atoms with van der Waals surface area (Å²) in [4.78, 5) is 0. The van der Waals surface area contributed by atoms with Crippen molar-refractivity contribution in [3.63, 3.8) is 0 Å². The first-order chi connectivity index (χ1) is 5.61. The van der Waals surface area contributed by atoms with Gasteiger partial charge in [-0.2, -0.15) is 0 Å². The second kappa shape index (κ2) is 5.85. The molecule has 0 heterocycles. The molecule has 0 atom stereocenters. The van der Waals surface area contributed by atoms with Crippen molar-refractivity contribution in [3.05, 3.63) is 35.4 Å². The summed E-state index contributed by atoms with van der Waals surface area (Å²) in [7, 11) is 0. The molecule has 0 fully saturated rings. The molecule has 0 nitrogen and oxygen atoms in total. The van der Waals surface area contributed by atoms with E-state index in [0.717, 1.165) is 0 Å². The third-order valence-corrected chi connectivity index (χ3v) is 2.27. The summed E-state index contributed by atoms with van der Waals surface area (Å²) in [5.74, 6) is 1.29. The average molecular weight is 186 g/mol. The number of rotatable bonds is 2. The largest absolute Gasteiger partial charge is 1.00 e. The molecule has 68 valence electrons. The smallest absolute Gasteiger partial charge is 1.00 e. The van der Waals surface area contributed by atoms with E-state index in [0.29, 0.717) is 11.8 Å². The normalized spacial score (nSPS) is 10.3. The minimum atomic E-state index is 0. The van der Waals surface area contributed by atoms with E-state index in [9.17, 15) is 0 Å². The fourth-order valence-electron chi connectivity index (χ4n) is 1.27. The summed E-state index contributed by atoms with van der Waals surface area (Å²) < 4.78 is 0. The van der Waals surface area contributed by atoms with Gasteiger partial charge in [0.15, 0.2) is 0 Å². The van der Waals surface area contributed by atoms with E-state index < -0.39 is 0 Å². The first kappa shape index (κ1) is 13.2. The van der Waals surface area contributed by atoms with Crippen LogP contribution in [0.2, 0.25) is 0 Å². The van der Waals surface area contributed by atoms with Crippen LogP contribution in [0, 0.1) is 0 Å². The molecule has 0 radical (unpaired) electrons. The van der Waals surface area contributed by atoms with Crippen LogP contribution >= 0.6 is 0 Å². The molecule has 13 heavy (non-hydrogen) atoms. The SMILES string of the molecule is CC(C)c1ccc(C(C)C)cc1.[H-].[Na+]. The van der Waals surface area contributed by atoms with E-state index in [1.54, 1.807) is 0 Å². The minimum absolute atomic E-state index is 0. The number of hydrogen-bond donors (Lipinski definition) is 0.